The second-order valence-corrected chi connectivity index (χ2v) is 9.19. The van der Waals surface area contributed by atoms with Gasteiger partial charge in [0.1, 0.15) is 5.82 Å². The second kappa shape index (κ2) is 8.35. The number of para-hydroxylation sites is 1. The number of hydrogen-bond donors (Lipinski definition) is 1. The highest BCUT2D eigenvalue weighted by Crippen LogP contribution is 2.34. The molecule has 1 unspecified atom stereocenters. The number of piperidine rings is 1. The summed E-state index contributed by atoms with van der Waals surface area (Å²) in [5.74, 6) is -0.478. The van der Waals surface area contributed by atoms with Crippen molar-refractivity contribution >= 4 is 38.4 Å². The largest absolute Gasteiger partial charge is 0.347 e. The maximum Gasteiger partial charge on any atom is 0.229 e. The number of aryl methyl sites for hydroxylation is 2. The molecule has 1 saturated heterocycles. The quantitative estimate of drug-likeness (QED) is 0.471. The number of thiazole rings is 1. The number of hydrogen-bond acceptors (Lipinski definition) is 5. The smallest absolute Gasteiger partial charge is 0.229 e. The number of aromatic nitrogens is 3. The third-order valence-electron chi connectivity index (χ3n) is 5.89. The van der Waals surface area contributed by atoms with Crippen LogP contribution in [0.25, 0.3) is 16.0 Å². The Kier molecular flexibility index (Phi) is 5.38. The molecule has 6 nitrogen and oxygen atoms in total. The number of carbonyl (C=O) groups excluding carboxylic acids is 1. The molecule has 0 saturated carbocycles. The van der Waals surface area contributed by atoms with E-state index in [9.17, 15) is 9.18 Å². The van der Waals surface area contributed by atoms with E-state index in [1.807, 2.05) is 41.9 Å². The fourth-order valence-electron chi connectivity index (χ4n) is 4.17. The minimum atomic E-state index is -0.301. The lowest BCUT2D eigenvalue weighted by Crippen LogP contribution is -2.40. The second-order valence-electron chi connectivity index (χ2n) is 8.22. The Hall–Kier alpha value is -3.26. The lowest BCUT2D eigenvalue weighted by molar-refractivity contribution is -0.120. The van der Waals surface area contributed by atoms with Crippen LogP contribution in [0.4, 0.5) is 15.2 Å². The number of benzene rings is 2. The number of rotatable bonds is 4. The van der Waals surface area contributed by atoms with Gasteiger partial charge in [0, 0.05) is 18.8 Å². The topological polar surface area (TPSA) is 63.1 Å². The Bertz CT molecular complexity index is 1280. The molecule has 4 aromatic rings. The molecule has 1 aliphatic rings. The van der Waals surface area contributed by atoms with Crippen LogP contribution in [0, 0.1) is 25.6 Å². The fourth-order valence-corrected chi connectivity index (χ4v) is 5.20. The van der Waals surface area contributed by atoms with Crippen LogP contribution >= 0.6 is 11.3 Å². The minimum absolute atomic E-state index is 0.0304. The molecule has 32 heavy (non-hydrogen) atoms. The number of halogens is 1. The van der Waals surface area contributed by atoms with Crippen molar-refractivity contribution in [2.75, 3.05) is 23.3 Å². The molecular weight excluding hydrogens is 425 g/mol. The Morgan fingerprint density at radius 1 is 1.19 bits per heavy atom. The van der Waals surface area contributed by atoms with Crippen molar-refractivity contribution in [3.63, 3.8) is 0 Å². The molecule has 1 N–H and O–H groups in total. The van der Waals surface area contributed by atoms with E-state index in [1.165, 1.54) is 12.1 Å². The summed E-state index contributed by atoms with van der Waals surface area (Å²) >= 11 is 1.63. The van der Waals surface area contributed by atoms with E-state index in [0.717, 1.165) is 51.8 Å². The predicted molar refractivity (Wildman–Crippen MR) is 126 cm³/mol. The average molecular weight is 450 g/mol. The van der Waals surface area contributed by atoms with E-state index >= 15 is 0 Å². The molecule has 164 valence electrons. The van der Waals surface area contributed by atoms with Crippen LogP contribution in [0.5, 0.6) is 0 Å². The molecule has 1 amide bonds. The summed E-state index contributed by atoms with van der Waals surface area (Å²) < 4.78 is 16.3. The Morgan fingerprint density at radius 2 is 2.00 bits per heavy atom. The van der Waals surface area contributed by atoms with Crippen LogP contribution < -0.4 is 10.2 Å². The standard InChI is InChI=1S/C24H24FN5OS/c1-15-13-18(25)10-11-20(15)26-23(31)17-7-6-12-29(14-17)24-27-22-21(32-24)16(2)28-30(22)19-8-4-3-5-9-19/h3-5,8-11,13,17H,6-7,12,14H2,1-2H3,(H,26,31). The number of anilines is 2. The van der Waals surface area contributed by atoms with E-state index in [2.05, 4.69) is 15.3 Å². The molecule has 0 bridgehead atoms. The van der Waals surface area contributed by atoms with Gasteiger partial charge in [-0.25, -0.2) is 9.07 Å². The Labute approximate surface area is 189 Å². The number of amides is 1. The summed E-state index contributed by atoms with van der Waals surface area (Å²) in [6.07, 6.45) is 1.74. The molecule has 8 heteroatoms. The van der Waals surface area contributed by atoms with Crippen molar-refractivity contribution < 1.29 is 9.18 Å². The summed E-state index contributed by atoms with van der Waals surface area (Å²) in [5.41, 5.74) is 4.16. The monoisotopic (exact) mass is 449 g/mol. The van der Waals surface area contributed by atoms with Gasteiger partial charge in [0.05, 0.1) is 22.0 Å². The molecule has 0 radical (unpaired) electrons. The van der Waals surface area contributed by atoms with E-state index in [1.54, 1.807) is 24.3 Å². The molecule has 0 aliphatic carbocycles. The molecule has 2 aromatic carbocycles. The van der Waals surface area contributed by atoms with Crippen LogP contribution in [-0.2, 0) is 4.79 Å². The highest BCUT2D eigenvalue weighted by molar-refractivity contribution is 7.22. The fraction of sp³-hybridized carbons (Fsp3) is 0.292. The van der Waals surface area contributed by atoms with Crippen molar-refractivity contribution in [2.24, 2.45) is 5.92 Å². The summed E-state index contributed by atoms with van der Waals surface area (Å²) in [5, 5.41) is 8.56. The molecule has 1 aliphatic heterocycles. The Balaban J connectivity index is 1.37. The number of nitrogens with zero attached hydrogens (tertiary/aromatic N) is 4. The normalized spacial score (nSPS) is 16.5. The Morgan fingerprint density at radius 3 is 2.78 bits per heavy atom. The predicted octanol–water partition coefficient (Wildman–Crippen LogP) is 5.09. The van der Waals surface area contributed by atoms with Gasteiger partial charge in [0.25, 0.3) is 0 Å². The van der Waals surface area contributed by atoms with Gasteiger partial charge < -0.3 is 10.2 Å². The lowest BCUT2D eigenvalue weighted by Gasteiger charge is -2.31. The highest BCUT2D eigenvalue weighted by atomic mass is 32.1. The first kappa shape index (κ1) is 20.6. The van der Waals surface area contributed by atoms with Crippen LogP contribution in [0.3, 0.4) is 0 Å². The zero-order valence-corrected chi connectivity index (χ0v) is 18.8. The molecule has 1 fully saturated rings. The average Bonchev–Trinajstić information content (AvgIpc) is 3.37. The summed E-state index contributed by atoms with van der Waals surface area (Å²) in [6, 6.07) is 14.4. The van der Waals surface area contributed by atoms with E-state index in [0.29, 0.717) is 12.2 Å². The third kappa shape index (κ3) is 3.86. The van der Waals surface area contributed by atoms with Gasteiger partial charge >= 0.3 is 0 Å². The first-order chi connectivity index (χ1) is 15.5. The third-order valence-corrected chi connectivity index (χ3v) is 7.10. The summed E-state index contributed by atoms with van der Waals surface area (Å²) in [6.45, 7) is 5.28. The minimum Gasteiger partial charge on any atom is -0.347 e. The number of fused-ring (bicyclic) bond motifs is 1. The molecule has 0 spiro atoms. The number of nitrogens with one attached hydrogen (secondary N) is 1. The van der Waals surface area contributed by atoms with Gasteiger partial charge in [0.2, 0.25) is 5.91 Å². The van der Waals surface area contributed by atoms with E-state index in [4.69, 9.17) is 4.98 Å². The first-order valence-electron chi connectivity index (χ1n) is 10.7. The molecule has 2 aromatic heterocycles. The SMILES string of the molecule is Cc1cc(F)ccc1NC(=O)C1CCCN(c2nc3c(s2)c(C)nn3-c2ccccc2)C1. The van der Waals surface area contributed by atoms with Gasteiger partial charge in [-0.3, -0.25) is 4.79 Å². The first-order valence-corrected chi connectivity index (χ1v) is 11.5. The zero-order valence-electron chi connectivity index (χ0n) is 18.0. The lowest BCUT2D eigenvalue weighted by atomic mass is 9.97. The van der Waals surface area contributed by atoms with Gasteiger partial charge in [-0.1, -0.05) is 29.5 Å². The maximum absolute atomic E-state index is 13.4. The molecule has 1 atom stereocenters. The van der Waals surface area contributed by atoms with E-state index < -0.39 is 0 Å². The van der Waals surface area contributed by atoms with E-state index in [-0.39, 0.29) is 17.6 Å². The molecular formula is C24H24FN5OS. The molecule has 3 heterocycles. The van der Waals surface area contributed by atoms with Crippen molar-refractivity contribution in [3.8, 4) is 5.69 Å². The van der Waals surface area contributed by atoms with Crippen molar-refractivity contribution in [1.82, 2.24) is 14.8 Å². The maximum atomic E-state index is 13.4. The summed E-state index contributed by atoms with van der Waals surface area (Å²) in [7, 11) is 0. The van der Waals surface area contributed by atoms with Crippen LogP contribution in [0.2, 0.25) is 0 Å². The van der Waals surface area contributed by atoms with Gasteiger partial charge in [-0.05, 0) is 62.6 Å². The van der Waals surface area contributed by atoms with Crippen LogP contribution in [0.15, 0.2) is 48.5 Å². The van der Waals surface area contributed by atoms with Crippen LogP contribution in [-0.4, -0.2) is 33.8 Å². The van der Waals surface area contributed by atoms with Crippen molar-refractivity contribution in [3.05, 3.63) is 65.6 Å². The van der Waals surface area contributed by atoms with Crippen LogP contribution in [0.1, 0.15) is 24.1 Å². The zero-order chi connectivity index (χ0) is 22.2. The van der Waals surface area contributed by atoms with Crippen molar-refractivity contribution in [1.29, 1.82) is 0 Å². The van der Waals surface area contributed by atoms with Gasteiger partial charge in [-0.15, -0.1) is 0 Å². The summed E-state index contributed by atoms with van der Waals surface area (Å²) in [4.78, 5) is 20.0. The highest BCUT2D eigenvalue weighted by Gasteiger charge is 2.28. The number of carbonyl (C=O) groups is 1. The van der Waals surface area contributed by atoms with Crippen molar-refractivity contribution in [2.45, 2.75) is 26.7 Å². The molecule has 5 rings (SSSR count). The van der Waals surface area contributed by atoms with Gasteiger partial charge in [-0.2, -0.15) is 10.1 Å². The van der Waals surface area contributed by atoms with Gasteiger partial charge in [0.15, 0.2) is 10.8 Å².